The van der Waals surface area contributed by atoms with Crippen LogP contribution in [0, 0.1) is 5.92 Å². The molecule has 7 nitrogen and oxygen atoms in total. The fourth-order valence-electron chi connectivity index (χ4n) is 3.55. The summed E-state index contributed by atoms with van der Waals surface area (Å²) in [7, 11) is 0. The minimum atomic E-state index is -0.0480. The van der Waals surface area contributed by atoms with E-state index in [4.69, 9.17) is 4.74 Å². The molecule has 1 aliphatic heterocycles. The highest BCUT2D eigenvalue weighted by atomic mass is 16.5. The standard InChI is InChI=1S/C21H28N4O3/c1-2-28-19-6-3-5-17(15-19)16-25(13-14-26)20(27)18-7-11-24(12-8-18)21-22-9-4-10-23-21/h3-6,9-10,15,18,26H,2,7-8,11-14,16H2,1H3. The average Bonchev–Trinajstić information content (AvgIpc) is 2.74. The van der Waals surface area contributed by atoms with Crippen molar-refractivity contribution < 1.29 is 14.6 Å². The number of aliphatic hydroxyl groups is 1. The molecule has 3 rings (SSSR count). The lowest BCUT2D eigenvalue weighted by atomic mass is 9.95. The third-order valence-corrected chi connectivity index (χ3v) is 4.94. The van der Waals surface area contributed by atoms with Gasteiger partial charge in [-0.2, -0.15) is 0 Å². The van der Waals surface area contributed by atoms with Crippen LogP contribution >= 0.6 is 0 Å². The SMILES string of the molecule is CCOc1cccc(CN(CCO)C(=O)C2CCN(c3ncccn3)CC2)c1. The van der Waals surface area contributed by atoms with Crippen LogP contribution in [0.3, 0.4) is 0 Å². The van der Waals surface area contributed by atoms with Crippen molar-refractivity contribution >= 4 is 11.9 Å². The number of hydrogen-bond acceptors (Lipinski definition) is 6. The Balaban J connectivity index is 1.61. The van der Waals surface area contributed by atoms with E-state index in [-0.39, 0.29) is 18.4 Å². The molecule has 28 heavy (non-hydrogen) atoms. The van der Waals surface area contributed by atoms with E-state index < -0.39 is 0 Å². The molecule has 2 aromatic rings. The molecule has 1 amide bonds. The summed E-state index contributed by atoms with van der Waals surface area (Å²) in [5.74, 6) is 1.58. The predicted molar refractivity (Wildman–Crippen MR) is 107 cm³/mol. The van der Waals surface area contributed by atoms with Crippen LogP contribution in [0.15, 0.2) is 42.7 Å². The molecule has 1 aliphatic rings. The van der Waals surface area contributed by atoms with E-state index >= 15 is 0 Å². The number of benzene rings is 1. The number of piperidine rings is 1. The minimum Gasteiger partial charge on any atom is -0.494 e. The number of nitrogens with zero attached hydrogens (tertiary/aromatic N) is 4. The van der Waals surface area contributed by atoms with Crippen LogP contribution in [0.25, 0.3) is 0 Å². The van der Waals surface area contributed by atoms with Gasteiger partial charge >= 0.3 is 0 Å². The Bertz CT molecular complexity index is 748. The second kappa shape index (κ2) is 10.0. The fraction of sp³-hybridized carbons (Fsp3) is 0.476. The smallest absolute Gasteiger partial charge is 0.226 e. The highest BCUT2D eigenvalue weighted by Crippen LogP contribution is 2.23. The normalized spacial score (nSPS) is 14.7. The summed E-state index contributed by atoms with van der Waals surface area (Å²) in [5, 5.41) is 9.45. The summed E-state index contributed by atoms with van der Waals surface area (Å²) in [6.07, 6.45) is 4.99. The number of carbonyl (C=O) groups is 1. The number of anilines is 1. The highest BCUT2D eigenvalue weighted by Gasteiger charge is 2.29. The molecule has 0 aliphatic carbocycles. The second-order valence-corrected chi connectivity index (χ2v) is 6.87. The molecule has 0 spiro atoms. The Morgan fingerprint density at radius 1 is 1.25 bits per heavy atom. The van der Waals surface area contributed by atoms with Gasteiger partial charge in [-0.15, -0.1) is 0 Å². The summed E-state index contributed by atoms with van der Waals surface area (Å²) in [4.78, 5) is 25.5. The molecule has 150 valence electrons. The number of hydrogen-bond donors (Lipinski definition) is 1. The zero-order valence-corrected chi connectivity index (χ0v) is 16.3. The molecule has 7 heteroatoms. The van der Waals surface area contributed by atoms with Crippen LogP contribution < -0.4 is 9.64 Å². The number of ether oxygens (including phenoxy) is 1. The van der Waals surface area contributed by atoms with Crippen molar-refractivity contribution in [1.29, 1.82) is 0 Å². The van der Waals surface area contributed by atoms with Crippen molar-refractivity contribution in [2.24, 2.45) is 5.92 Å². The molecule has 2 heterocycles. The lowest BCUT2D eigenvalue weighted by molar-refractivity contribution is -0.137. The van der Waals surface area contributed by atoms with Crippen LogP contribution in [0.4, 0.5) is 5.95 Å². The molecule has 0 saturated carbocycles. The van der Waals surface area contributed by atoms with Gasteiger partial charge in [0.05, 0.1) is 13.2 Å². The third-order valence-electron chi connectivity index (χ3n) is 4.94. The second-order valence-electron chi connectivity index (χ2n) is 6.87. The van der Waals surface area contributed by atoms with E-state index in [0.717, 1.165) is 37.2 Å². The number of rotatable bonds is 8. The first-order chi connectivity index (χ1) is 13.7. The van der Waals surface area contributed by atoms with Crippen LogP contribution in [-0.2, 0) is 11.3 Å². The molecule has 0 atom stereocenters. The van der Waals surface area contributed by atoms with Gasteiger partial charge in [0, 0.05) is 44.5 Å². The summed E-state index contributed by atoms with van der Waals surface area (Å²) >= 11 is 0. The van der Waals surface area contributed by atoms with Gasteiger partial charge in [0.2, 0.25) is 11.9 Å². The largest absolute Gasteiger partial charge is 0.494 e. The maximum absolute atomic E-state index is 13.1. The Labute approximate surface area is 166 Å². The summed E-state index contributed by atoms with van der Waals surface area (Å²) in [6.45, 7) is 4.82. The lowest BCUT2D eigenvalue weighted by Crippen LogP contribution is -2.43. The van der Waals surface area contributed by atoms with Gasteiger partial charge in [-0.1, -0.05) is 12.1 Å². The van der Waals surface area contributed by atoms with E-state index in [1.54, 1.807) is 23.4 Å². The fourth-order valence-corrected chi connectivity index (χ4v) is 3.55. The van der Waals surface area contributed by atoms with Crippen molar-refractivity contribution in [2.75, 3.05) is 37.7 Å². The highest BCUT2D eigenvalue weighted by molar-refractivity contribution is 5.79. The van der Waals surface area contributed by atoms with Crippen molar-refractivity contribution in [3.63, 3.8) is 0 Å². The van der Waals surface area contributed by atoms with Crippen molar-refractivity contribution in [3.8, 4) is 5.75 Å². The van der Waals surface area contributed by atoms with Crippen molar-refractivity contribution in [2.45, 2.75) is 26.3 Å². The number of aromatic nitrogens is 2. The Hall–Kier alpha value is -2.67. The molecule has 0 bridgehead atoms. The number of carbonyl (C=O) groups excluding carboxylic acids is 1. The van der Waals surface area contributed by atoms with Crippen molar-refractivity contribution in [3.05, 3.63) is 48.3 Å². The van der Waals surface area contributed by atoms with Gasteiger partial charge < -0.3 is 19.6 Å². The lowest BCUT2D eigenvalue weighted by Gasteiger charge is -2.34. The van der Waals surface area contributed by atoms with Gasteiger partial charge in [0.25, 0.3) is 0 Å². The van der Waals surface area contributed by atoms with Crippen LogP contribution in [0.2, 0.25) is 0 Å². The Morgan fingerprint density at radius 3 is 2.68 bits per heavy atom. The summed E-state index contributed by atoms with van der Waals surface area (Å²) in [5.41, 5.74) is 1.00. The summed E-state index contributed by atoms with van der Waals surface area (Å²) in [6, 6.07) is 9.58. The first-order valence-electron chi connectivity index (χ1n) is 9.84. The molecule has 1 aromatic carbocycles. The molecule has 1 fully saturated rings. The first-order valence-corrected chi connectivity index (χ1v) is 9.84. The van der Waals surface area contributed by atoms with E-state index in [1.807, 2.05) is 31.2 Å². The minimum absolute atomic E-state index is 0.0402. The monoisotopic (exact) mass is 384 g/mol. The zero-order chi connectivity index (χ0) is 19.8. The van der Waals surface area contributed by atoms with Gasteiger partial charge in [-0.3, -0.25) is 4.79 Å². The quantitative estimate of drug-likeness (QED) is 0.751. The molecule has 0 radical (unpaired) electrons. The molecular weight excluding hydrogens is 356 g/mol. The molecule has 1 N–H and O–H groups in total. The van der Waals surface area contributed by atoms with Gasteiger partial charge in [0.15, 0.2) is 0 Å². The van der Waals surface area contributed by atoms with Crippen molar-refractivity contribution in [1.82, 2.24) is 14.9 Å². The Kier molecular flexibility index (Phi) is 7.19. The third kappa shape index (κ3) is 5.19. The van der Waals surface area contributed by atoms with Crippen LogP contribution in [0.1, 0.15) is 25.3 Å². The molecular formula is C21H28N4O3. The zero-order valence-electron chi connectivity index (χ0n) is 16.3. The topological polar surface area (TPSA) is 78.8 Å². The Morgan fingerprint density at radius 2 is 2.00 bits per heavy atom. The molecule has 0 unspecified atom stereocenters. The average molecular weight is 384 g/mol. The maximum atomic E-state index is 13.1. The van der Waals surface area contributed by atoms with E-state index in [1.165, 1.54) is 0 Å². The van der Waals surface area contributed by atoms with Gasteiger partial charge in [-0.05, 0) is 43.5 Å². The number of aliphatic hydroxyl groups excluding tert-OH is 1. The predicted octanol–water partition coefficient (Wildman–Crippen LogP) is 2.11. The molecule has 1 saturated heterocycles. The van der Waals surface area contributed by atoms with Crippen LogP contribution in [0.5, 0.6) is 5.75 Å². The van der Waals surface area contributed by atoms with Crippen LogP contribution in [-0.4, -0.2) is 58.7 Å². The summed E-state index contributed by atoms with van der Waals surface area (Å²) < 4.78 is 5.55. The van der Waals surface area contributed by atoms with E-state index in [0.29, 0.717) is 25.6 Å². The van der Waals surface area contributed by atoms with Gasteiger partial charge in [-0.25, -0.2) is 9.97 Å². The maximum Gasteiger partial charge on any atom is 0.226 e. The first kappa shape index (κ1) is 20.1. The van der Waals surface area contributed by atoms with E-state index in [9.17, 15) is 9.90 Å². The van der Waals surface area contributed by atoms with E-state index in [2.05, 4.69) is 14.9 Å². The molecule has 1 aromatic heterocycles. The van der Waals surface area contributed by atoms with Gasteiger partial charge in [0.1, 0.15) is 5.75 Å². The number of amides is 1.